The number of amides is 1. The van der Waals surface area contributed by atoms with Crippen molar-refractivity contribution < 1.29 is 14.3 Å². The molecule has 1 saturated heterocycles. The number of rotatable bonds is 2. The fourth-order valence-corrected chi connectivity index (χ4v) is 3.37. The van der Waals surface area contributed by atoms with Crippen molar-refractivity contribution in [2.24, 2.45) is 11.7 Å². The Labute approximate surface area is 120 Å². The lowest BCUT2D eigenvalue weighted by Crippen LogP contribution is -2.50. The van der Waals surface area contributed by atoms with Crippen molar-refractivity contribution in [3.63, 3.8) is 0 Å². The Balaban J connectivity index is 2.09. The van der Waals surface area contributed by atoms with E-state index in [0.29, 0.717) is 5.92 Å². The van der Waals surface area contributed by atoms with Crippen molar-refractivity contribution >= 4 is 11.9 Å². The second-order valence-corrected chi connectivity index (χ2v) is 6.99. The van der Waals surface area contributed by atoms with Gasteiger partial charge >= 0.3 is 5.97 Å². The van der Waals surface area contributed by atoms with Crippen LogP contribution in [0.15, 0.2) is 0 Å². The molecule has 2 aliphatic rings. The molecule has 1 heterocycles. The Bertz CT molecular complexity index is 389. The number of hydrogen-bond donors (Lipinski definition) is 1. The molecule has 5 heteroatoms. The molecule has 0 aromatic heterocycles. The summed E-state index contributed by atoms with van der Waals surface area (Å²) >= 11 is 0. The van der Waals surface area contributed by atoms with Gasteiger partial charge in [-0.15, -0.1) is 0 Å². The van der Waals surface area contributed by atoms with E-state index in [9.17, 15) is 9.59 Å². The van der Waals surface area contributed by atoms with Crippen molar-refractivity contribution in [2.75, 3.05) is 6.54 Å². The molecule has 20 heavy (non-hydrogen) atoms. The fourth-order valence-electron chi connectivity index (χ4n) is 3.37. The SMILES string of the molecule is CC(C)(C)OC(=O)CN1C(=O)C(N)CCC2CCCC21. The van der Waals surface area contributed by atoms with Crippen LogP contribution in [0, 0.1) is 5.92 Å². The molecule has 114 valence electrons. The summed E-state index contributed by atoms with van der Waals surface area (Å²) < 4.78 is 5.34. The van der Waals surface area contributed by atoms with Crippen molar-refractivity contribution in [3.8, 4) is 0 Å². The van der Waals surface area contributed by atoms with Crippen LogP contribution in [-0.4, -0.2) is 41.0 Å². The summed E-state index contributed by atoms with van der Waals surface area (Å²) in [6.45, 7) is 5.53. The highest BCUT2D eigenvalue weighted by Gasteiger charge is 2.40. The van der Waals surface area contributed by atoms with Crippen LogP contribution in [0.2, 0.25) is 0 Å². The van der Waals surface area contributed by atoms with Crippen LogP contribution in [0.1, 0.15) is 52.9 Å². The molecule has 0 aromatic rings. The summed E-state index contributed by atoms with van der Waals surface area (Å²) in [6.07, 6.45) is 4.96. The number of likely N-dealkylation sites (tertiary alicyclic amines) is 1. The zero-order valence-corrected chi connectivity index (χ0v) is 12.7. The Morgan fingerprint density at radius 3 is 2.65 bits per heavy atom. The van der Waals surface area contributed by atoms with Gasteiger partial charge in [-0.2, -0.15) is 0 Å². The lowest BCUT2D eigenvalue weighted by atomic mass is 9.97. The second kappa shape index (κ2) is 5.72. The average molecular weight is 282 g/mol. The zero-order chi connectivity index (χ0) is 14.9. The second-order valence-electron chi connectivity index (χ2n) is 6.99. The molecular formula is C15H26N2O3. The Kier molecular flexibility index (Phi) is 4.37. The van der Waals surface area contributed by atoms with E-state index in [1.807, 2.05) is 20.8 Å². The number of carbonyl (C=O) groups is 2. The van der Waals surface area contributed by atoms with Crippen LogP contribution in [0.3, 0.4) is 0 Å². The van der Waals surface area contributed by atoms with Gasteiger partial charge in [0.1, 0.15) is 12.1 Å². The molecule has 0 bridgehead atoms. The lowest BCUT2D eigenvalue weighted by molar-refractivity contribution is -0.160. The summed E-state index contributed by atoms with van der Waals surface area (Å²) in [4.78, 5) is 26.1. The highest BCUT2D eigenvalue weighted by atomic mass is 16.6. The number of nitrogens with zero attached hydrogens (tertiary/aromatic N) is 1. The largest absolute Gasteiger partial charge is 0.459 e. The van der Waals surface area contributed by atoms with E-state index in [2.05, 4.69) is 0 Å². The fraction of sp³-hybridized carbons (Fsp3) is 0.867. The summed E-state index contributed by atoms with van der Waals surface area (Å²) in [6, 6.07) is -0.299. The van der Waals surface area contributed by atoms with E-state index >= 15 is 0 Å². The van der Waals surface area contributed by atoms with E-state index in [1.165, 1.54) is 0 Å². The quantitative estimate of drug-likeness (QED) is 0.778. The Morgan fingerprint density at radius 1 is 1.30 bits per heavy atom. The average Bonchev–Trinajstić information content (AvgIpc) is 2.74. The molecule has 0 aromatic carbocycles. The number of ether oxygens (including phenoxy) is 1. The van der Waals surface area contributed by atoms with Gasteiger partial charge in [0.15, 0.2) is 0 Å². The molecule has 1 aliphatic heterocycles. The summed E-state index contributed by atoms with van der Waals surface area (Å²) in [7, 11) is 0. The van der Waals surface area contributed by atoms with Gasteiger partial charge in [0, 0.05) is 6.04 Å². The molecule has 5 nitrogen and oxygen atoms in total. The maximum Gasteiger partial charge on any atom is 0.326 e. The molecule has 3 atom stereocenters. The molecule has 2 fully saturated rings. The van der Waals surface area contributed by atoms with Gasteiger partial charge in [0.05, 0.1) is 6.04 Å². The highest BCUT2D eigenvalue weighted by Crippen LogP contribution is 2.36. The van der Waals surface area contributed by atoms with Gasteiger partial charge in [-0.3, -0.25) is 9.59 Å². The molecule has 1 amide bonds. The van der Waals surface area contributed by atoms with Crippen LogP contribution in [0.4, 0.5) is 0 Å². The van der Waals surface area contributed by atoms with Crippen molar-refractivity contribution in [1.82, 2.24) is 4.90 Å². The third-order valence-corrected chi connectivity index (χ3v) is 4.19. The third-order valence-electron chi connectivity index (χ3n) is 4.19. The van der Waals surface area contributed by atoms with Gasteiger partial charge in [-0.05, 0) is 52.4 Å². The number of hydrogen-bond acceptors (Lipinski definition) is 4. The first-order chi connectivity index (χ1) is 9.28. The zero-order valence-electron chi connectivity index (χ0n) is 12.7. The van der Waals surface area contributed by atoms with Crippen LogP contribution in [0.5, 0.6) is 0 Å². The molecule has 2 N–H and O–H groups in total. The number of carbonyl (C=O) groups excluding carboxylic acids is 2. The molecule has 1 saturated carbocycles. The first kappa shape index (κ1) is 15.3. The first-order valence-electron chi connectivity index (χ1n) is 7.56. The lowest BCUT2D eigenvalue weighted by Gasteiger charge is -2.31. The Hall–Kier alpha value is -1.10. The maximum absolute atomic E-state index is 12.4. The minimum absolute atomic E-state index is 0.0327. The molecular weight excluding hydrogens is 256 g/mol. The normalized spacial score (nSPS) is 30.9. The van der Waals surface area contributed by atoms with Crippen molar-refractivity contribution in [2.45, 2.75) is 70.6 Å². The topological polar surface area (TPSA) is 72.6 Å². The van der Waals surface area contributed by atoms with E-state index in [4.69, 9.17) is 10.5 Å². The van der Waals surface area contributed by atoms with Gasteiger partial charge < -0.3 is 15.4 Å². The first-order valence-corrected chi connectivity index (χ1v) is 7.56. The van der Waals surface area contributed by atoms with Gasteiger partial charge in [0.25, 0.3) is 0 Å². The van der Waals surface area contributed by atoms with Gasteiger partial charge in [0.2, 0.25) is 5.91 Å². The minimum Gasteiger partial charge on any atom is -0.459 e. The summed E-state index contributed by atoms with van der Waals surface area (Å²) in [5.74, 6) is 0.0609. The van der Waals surface area contributed by atoms with Crippen molar-refractivity contribution in [3.05, 3.63) is 0 Å². The number of nitrogens with two attached hydrogens (primary N) is 1. The van der Waals surface area contributed by atoms with Crippen LogP contribution >= 0.6 is 0 Å². The van der Waals surface area contributed by atoms with E-state index in [0.717, 1.165) is 32.1 Å². The number of esters is 1. The monoisotopic (exact) mass is 282 g/mol. The van der Waals surface area contributed by atoms with E-state index in [1.54, 1.807) is 4.90 Å². The summed E-state index contributed by atoms with van der Waals surface area (Å²) in [5.41, 5.74) is 5.41. The maximum atomic E-state index is 12.4. The molecule has 3 unspecified atom stereocenters. The Morgan fingerprint density at radius 2 is 2.00 bits per heavy atom. The molecule has 0 spiro atoms. The number of fused-ring (bicyclic) bond motifs is 1. The highest BCUT2D eigenvalue weighted by molar-refractivity contribution is 5.86. The third kappa shape index (κ3) is 3.51. The molecule has 2 rings (SSSR count). The smallest absolute Gasteiger partial charge is 0.326 e. The van der Waals surface area contributed by atoms with Gasteiger partial charge in [-0.25, -0.2) is 0 Å². The standard InChI is InChI=1S/C15H26N2O3/c1-15(2,3)20-13(18)9-17-12-6-4-5-10(12)7-8-11(16)14(17)19/h10-12H,4-9,16H2,1-3H3. The van der Waals surface area contributed by atoms with Gasteiger partial charge in [-0.1, -0.05) is 6.42 Å². The van der Waals surface area contributed by atoms with E-state index in [-0.39, 0.29) is 24.5 Å². The summed E-state index contributed by atoms with van der Waals surface area (Å²) in [5, 5.41) is 0. The predicted molar refractivity (Wildman–Crippen MR) is 75.9 cm³/mol. The predicted octanol–water partition coefficient (Wildman–Crippen LogP) is 1.45. The van der Waals surface area contributed by atoms with Crippen LogP contribution in [-0.2, 0) is 14.3 Å². The van der Waals surface area contributed by atoms with Crippen LogP contribution in [0.25, 0.3) is 0 Å². The molecule has 1 aliphatic carbocycles. The van der Waals surface area contributed by atoms with E-state index < -0.39 is 11.6 Å². The van der Waals surface area contributed by atoms with Crippen LogP contribution < -0.4 is 5.73 Å². The molecule has 0 radical (unpaired) electrons. The minimum atomic E-state index is -0.525. The van der Waals surface area contributed by atoms with Crippen molar-refractivity contribution in [1.29, 1.82) is 0 Å².